The number of nitrogens with two attached hydrogens (primary N) is 1. The SMILES string of the molecule is CC(C)c1ccc(-c2nc(NCCc3ccccc3)nc3nn(-c4ccc(F)cc4)c(N)c23)cc1. The van der Waals surface area contributed by atoms with E-state index in [-0.39, 0.29) is 5.82 Å². The minimum atomic E-state index is -0.320. The number of anilines is 2. The number of halogens is 1. The highest BCUT2D eigenvalue weighted by Crippen LogP contribution is 2.33. The van der Waals surface area contributed by atoms with Gasteiger partial charge in [0.1, 0.15) is 11.6 Å². The van der Waals surface area contributed by atoms with E-state index in [1.54, 1.807) is 16.8 Å². The normalized spacial score (nSPS) is 11.3. The lowest BCUT2D eigenvalue weighted by Gasteiger charge is -2.10. The molecule has 2 heterocycles. The van der Waals surface area contributed by atoms with E-state index in [9.17, 15) is 4.39 Å². The quantitative estimate of drug-likeness (QED) is 0.308. The largest absolute Gasteiger partial charge is 0.383 e. The molecule has 5 aromatic rings. The molecule has 0 radical (unpaired) electrons. The molecule has 35 heavy (non-hydrogen) atoms. The van der Waals surface area contributed by atoms with Crippen molar-refractivity contribution in [2.24, 2.45) is 0 Å². The summed E-state index contributed by atoms with van der Waals surface area (Å²) in [6.45, 7) is 5.00. The van der Waals surface area contributed by atoms with Crippen molar-refractivity contribution in [1.29, 1.82) is 0 Å². The van der Waals surface area contributed by atoms with Gasteiger partial charge in [-0.1, -0.05) is 68.4 Å². The van der Waals surface area contributed by atoms with E-state index >= 15 is 0 Å². The van der Waals surface area contributed by atoms with Crippen molar-refractivity contribution in [2.75, 3.05) is 17.6 Å². The number of hydrogen-bond donors (Lipinski definition) is 2. The van der Waals surface area contributed by atoms with Crippen molar-refractivity contribution in [2.45, 2.75) is 26.2 Å². The smallest absolute Gasteiger partial charge is 0.225 e. The first kappa shape index (κ1) is 22.5. The highest BCUT2D eigenvalue weighted by atomic mass is 19.1. The molecule has 0 spiro atoms. The summed E-state index contributed by atoms with van der Waals surface area (Å²) in [7, 11) is 0. The van der Waals surface area contributed by atoms with Crippen molar-refractivity contribution >= 4 is 22.8 Å². The molecule has 3 aromatic carbocycles. The first-order chi connectivity index (χ1) is 17.0. The Morgan fingerprint density at radius 1 is 0.914 bits per heavy atom. The van der Waals surface area contributed by atoms with Crippen molar-refractivity contribution in [1.82, 2.24) is 19.7 Å². The van der Waals surface area contributed by atoms with Crippen LogP contribution in [0, 0.1) is 5.82 Å². The molecule has 0 aliphatic rings. The molecular weight excluding hydrogens is 439 g/mol. The molecule has 7 heteroatoms. The molecule has 0 aliphatic heterocycles. The number of rotatable bonds is 7. The number of hydrogen-bond acceptors (Lipinski definition) is 5. The molecule has 0 bridgehead atoms. The molecule has 0 fully saturated rings. The van der Waals surface area contributed by atoms with Crippen molar-refractivity contribution < 1.29 is 4.39 Å². The lowest BCUT2D eigenvalue weighted by atomic mass is 10.00. The lowest BCUT2D eigenvalue weighted by molar-refractivity contribution is 0.627. The first-order valence-corrected chi connectivity index (χ1v) is 11.7. The summed E-state index contributed by atoms with van der Waals surface area (Å²) in [6.07, 6.45) is 0.840. The number of fused-ring (bicyclic) bond motifs is 1. The van der Waals surface area contributed by atoms with Crippen LogP contribution in [0.1, 0.15) is 30.9 Å². The molecule has 0 saturated carbocycles. The zero-order chi connectivity index (χ0) is 24.4. The molecule has 0 atom stereocenters. The topological polar surface area (TPSA) is 81.7 Å². The number of nitrogens with one attached hydrogen (secondary N) is 1. The average Bonchev–Trinajstić information content (AvgIpc) is 3.21. The maximum atomic E-state index is 13.5. The van der Waals surface area contributed by atoms with E-state index in [1.807, 2.05) is 18.2 Å². The first-order valence-electron chi connectivity index (χ1n) is 11.7. The number of aromatic nitrogens is 4. The summed E-state index contributed by atoms with van der Waals surface area (Å²) in [6, 6.07) is 24.6. The van der Waals surface area contributed by atoms with Gasteiger partial charge in [-0.15, -0.1) is 5.10 Å². The molecule has 0 aliphatic carbocycles. The van der Waals surface area contributed by atoms with Crippen LogP contribution in [0.5, 0.6) is 0 Å². The van der Waals surface area contributed by atoms with Gasteiger partial charge in [-0.3, -0.25) is 0 Å². The van der Waals surface area contributed by atoms with E-state index in [2.05, 4.69) is 65.6 Å². The Labute approximate surface area is 203 Å². The van der Waals surface area contributed by atoms with Gasteiger partial charge in [0.2, 0.25) is 5.95 Å². The van der Waals surface area contributed by atoms with Gasteiger partial charge in [-0.2, -0.15) is 4.98 Å². The molecule has 0 unspecified atom stereocenters. The fraction of sp³-hybridized carbons (Fsp3) is 0.179. The Bertz CT molecular complexity index is 1440. The summed E-state index contributed by atoms with van der Waals surface area (Å²) < 4.78 is 15.1. The van der Waals surface area contributed by atoms with Crippen molar-refractivity contribution in [3.63, 3.8) is 0 Å². The minimum absolute atomic E-state index is 0.320. The zero-order valence-electron chi connectivity index (χ0n) is 19.7. The maximum Gasteiger partial charge on any atom is 0.225 e. The van der Waals surface area contributed by atoms with Crippen LogP contribution in [-0.2, 0) is 6.42 Å². The molecular formula is C28H27FN6. The lowest BCUT2D eigenvalue weighted by Crippen LogP contribution is -2.08. The van der Waals surface area contributed by atoms with Crippen LogP contribution in [0.15, 0.2) is 78.9 Å². The highest BCUT2D eigenvalue weighted by molar-refractivity contribution is 5.99. The van der Waals surface area contributed by atoms with E-state index in [1.165, 1.54) is 23.3 Å². The molecule has 0 saturated heterocycles. The number of nitrogens with zero attached hydrogens (tertiary/aromatic N) is 4. The third-order valence-corrected chi connectivity index (χ3v) is 6.03. The van der Waals surface area contributed by atoms with Crippen molar-refractivity contribution in [3.8, 4) is 16.9 Å². The molecule has 0 amide bonds. The Hall–Kier alpha value is -4.26. The van der Waals surface area contributed by atoms with Crippen molar-refractivity contribution in [3.05, 3.63) is 95.8 Å². The van der Waals surface area contributed by atoms with E-state index < -0.39 is 0 Å². The average molecular weight is 467 g/mol. The fourth-order valence-electron chi connectivity index (χ4n) is 4.07. The Balaban J connectivity index is 1.57. The summed E-state index contributed by atoms with van der Waals surface area (Å²) in [5.41, 5.74) is 11.8. The van der Waals surface area contributed by atoms with Gasteiger partial charge in [-0.25, -0.2) is 14.1 Å². The molecule has 5 rings (SSSR count). The van der Waals surface area contributed by atoms with Gasteiger partial charge in [0.05, 0.1) is 16.8 Å². The minimum Gasteiger partial charge on any atom is -0.383 e. The molecule has 2 aromatic heterocycles. The second-order valence-corrected chi connectivity index (χ2v) is 8.81. The van der Waals surface area contributed by atoms with Gasteiger partial charge in [0.15, 0.2) is 5.65 Å². The molecule has 176 valence electrons. The summed E-state index contributed by atoms with van der Waals surface area (Å²) in [5, 5.41) is 8.66. The van der Waals surface area contributed by atoms with Gasteiger partial charge in [-0.05, 0) is 47.7 Å². The standard InChI is InChI=1S/C28H27FN6/c1-18(2)20-8-10-21(11-9-20)25-24-26(30)35(23-14-12-22(29)13-15-23)34-27(24)33-28(32-25)31-17-16-19-6-4-3-5-7-19/h3-15,18H,16-17,30H2,1-2H3,(H,31,33,34). The predicted molar refractivity (Wildman–Crippen MR) is 139 cm³/mol. The van der Waals surface area contributed by atoms with Crippen LogP contribution in [0.2, 0.25) is 0 Å². The third kappa shape index (κ3) is 4.71. The Morgan fingerprint density at radius 3 is 2.31 bits per heavy atom. The fourth-order valence-corrected chi connectivity index (χ4v) is 4.07. The van der Waals surface area contributed by atoms with Gasteiger partial charge >= 0.3 is 0 Å². The third-order valence-electron chi connectivity index (χ3n) is 6.03. The Kier molecular flexibility index (Phi) is 6.14. The second kappa shape index (κ2) is 9.54. The van der Waals surface area contributed by atoms with E-state index in [0.29, 0.717) is 46.6 Å². The molecule has 6 nitrogen and oxygen atoms in total. The van der Waals surface area contributed by atoms with Crippen LogP contribution in [-0.4, -0.2) is 26.3 Å². The summed E-state index contributed by atoms with van der Waals surface area (Å²) in [5.74, 6) is 1.00. The highest BCUT2D eigenvalue weighted by Gasteiger charge is 2.19. The second-order valence-electron chi connectivity index (χ2n) is 8.81. The summed E-state index contributed by atoms with van der Waals surface area (Å²) in [4.78, 5) is 9.50. The maximum absolute atomic E-state index is 13.5. The zero-order valence-corrected chi connectivity index (χ0v) is 19.7. The van der Waals surface area contributed by atoms with Crippen LogP contribution in [0.4, 0.5) is 16.2 Å². The Morgan fingerprint density at radius 2 is 1.63 bits per heavy atom. The van der Waals surface area contributed by atoms with E-state index in [4.69, 9.17) is 10.7 Å². The van der Waals surface area contributed by atoms with Crippen LogP contribution in [0.3, 0.4) is 0 Å². The van der Waals surface area contributed by atoms with Gasteiger partial charge in [0, 0.05) is 12.1 Å². The number of nitrogen functional groups attached to an aromatic ring is 1. The van der Waals surface area contributed by atoms with Gasteiger partial charge < -0.3 is 11.1 Å². The predicted octanol–water partition coefficient (Wildman–Crippen LogP) is 5.98. The molecule has 3 N–H and O–H groups in total. The van der Waals surface area contributed by atoms with Crippen LogP contribution in [0.25, 0.3) is 28.0 Å². The van der Waals surface area contributed by atoms with Crippen LogP contribution >= 0.6 is 0 Å². The summed E-state index contributed by atoms with van der Waals surface area (Å²) >= 11 is 0. The van der Waals surface area contributed by atoms with Crippen LogP contribution < -0.4 is 11.1 Å². The number of benzene rings is 3. The van der Waals surface area contributed by atoms with E-state index in [0.717, 1.165) is 12.0 Å². The monoisotopic (exact) mass is 466 g/mol. The van der Waals surface area contributed by atoms with Gasteiger partial charge in [0.25, 0.3) is 0 Å².